The summed E-state index contributed by atoms with van der Waals surface area (Å²) in [7, 11) is 1.45. The monoisotopic (exact) mass is 254 g/mol. The SMILES string of the molecule is CCOC(C(=O)c1ccc(OC)cc1F)C(C)C. The molecule has 1 atom stereocenters. The van der Waals surface area contributed by atoms with E-state index in [2.05, 4.69) is 0 Å². The average Bonchev–Trinajstić information content (AvgIpc) is 2.34. The maximum atomic E-state index is 13.8. The number of hydrogen-bond acceptors (Lipinski definition) is 3. The van der Waals surface area contributed by atoms with Crippen molar-refractivity contribution in [1.29, 1.82) is 0 Å². The molecule has 0 aromatic heterocycles. The van der Waals surface area contributed by atoms with Crippen LogP contribution < -0.4 is 4.74 Å². The van der Waals surface area contributed by atoms with Crippen molar-refractivity contribution < 1.29 is 18.7 Å². The van der Waals surface area contributed by atoms with Crippen LogP contribution in [0.25, 0.3) is 0 Å². The molecule has 1 aromatic rings. The highest BCUT2D eigenvalue weighted by molar-refractivity contribution is 6.00. The van der Waals surface area contributed by atoms with E-state index in [1.54, 1.807) is 6.07 Å². The molecule has 0 spiro atoms. The topological polar surface area (TPSA) is 35.5 Å². The Balaban J connectivity index is 3.01. The van der Waals surface area contributed by atoms with Crippen molar-refractivity contribution in [3.8, 4) is 5.75 Å². The van der Waals surface area contributed by atoms with Crippen molar-refractivity contribution in [2.45, 2.75) is 26.9 Å². The van der Waals surface area contributed by atoms with Crippen LogP contribution in [0.3, 0.4) is 0 Å². The van der Waals surface area contributed by atoms with Crippen LogP contribution in [0.5, 0.6) is 5.75 Å². The highest BCUT2D eigenvalue weighted by atomic mass is 19.1. The van der Waals surface area contributed by atoms with Crippen molar-refractivity contribution in [2.75, 3.05) is 13.7 Å². The van der Waals surface area contributed by atoms with Gasteiger partial charge in [-0.15, -0.1) is 0 Å². The number of Topliss-reactive ketones (excluding diaryl/α,β-unsaturated/α-hetero) is 1. The van der Waals surface area contributed by atoms with E-state index in [4.69, 9.17) is 9.47 Å². The van der Waals surface area contributed by atoms with E-state index in [1.165, 1.54) is 19.2 Å². The highest BCUT2D eigenvalue weighted by Crippen LogP contribution is 2.20. The quantitative estimate of drug-likeness (QED) is 0.732. The summed E-state index contributed by atoms with van der Waals surface area (Å²) in [5.41, 5.74) is 0.0444. The molecule has 0 aliphatic carbocycles. The van der Waals surface area contributed by atoms with Crippen molar-refractivity contribution in [3.63, 3.8) is 0 Å². The fourth-order valence-electron chi connectivity index (χ4n) is 1.73. The number of rotatable bonds is 6. The summed E-state index contributed by atoms with van der Waals surface area (Å²) in [4.78, 5) is 12.2. The summed E-state index contributed by atoms with van der Waals surface area (Å²) >= 11 is 0. The summed E-state index contributed by atoms with van der Waals surface area (Å²) in [5.74, 6) is -0.516. The lowest BCUT2D eigenvalue weighted by atomic mass is 9.97. The molecule has 0 saturated heterocycles. The molecule has 0 aliphatic heterocycles. The van der Waals surface area contributed by atoms with Gasteiger partial charge in [-0.2, -0.15) is 0 Å². The smallest absolute Gasteiger partial charge is 0.194 e. The van der Waals surface area contributed by atoms with Gasteiger partial charge in [-0.05, 0) is 25.0 Å². The van der Waals surface area contributed by atoms with Crippen molar-refractivity contribution in [2.24, 2.45) is 5.92 Å². The van der Waals surface area contributed by atoms with Crippen molar-refractivity contribution >= 4 is 5.78 Å². The fourth-order valence-corrected chi connectivity index (χ4v) is 1.73. The van der Waals surface area contributed by atoms with Gasteiger partial charge in [-0.3, -0.25) is 4.79 Å². The Morgan fingerprint density at radius 3 is 2.50 bits per heavy atom. The van der Waals surface area contributed by atoms with E-state index in [0.717, 1.165) is 0 Å². The van der Waals surface area contributed by atoms with Gasteiger partial charge in [0.1, 0.15) is 17.7 Å². The third-order valence-electron chi connectivity index (χ3n) is 2.65. The lowest BCUT2D eigenvalue weighted by Crippen LogP contribution is -2.30. The second kappa shape index (κ2) is 6.50. The normalized spacial score (nSPS) is 12.6. The molecule has 18 heavy (non-hydrogen) atoms. The lowest BCUT2D eigenvalue weighted by Gasteiger charge is -2.19. The molecule has 0 amide bonds. The van der Waals surface area contributed by atoms with Crippen LogP contribution in [0, 0.1) is 11.7 Å². The van der Waals surface area contributed by atoms with Gasteiger partial charge >= 0.3 is 0 Å². The molecule has 0 N–H and O–H groups in total. The van der Waals surface area contributed by atoms with E-state index in [-0.39, 0.29) is 17.3 Å². The molecular weight excluding hydrogens is 235 g/mol. The van der Waals surface area contributed by atoms with Gasteiger partial charge in [0, 0.05) is 12.7 Å². The van der Waals surface area contributed by atoms with Gasteiger partial charge in [-0.1, -0.05) is 13.8 Å². The summed E-state index contributed by atoms with van der Waals surface area (Å²) < 4.78 is 24.1. The average molecular weight is 254 g/mol. The molecule has 1 aromatic carbocycles. The van der Waals surface area contributed by atoms with Gasteiger partial charge in [0.2, 0.25) is 0 Å². The van der Waals surface area contributed by atoms with Gasteiger partial charge in [0.25, 0.3) is 0 Å². The number of hydrogen-bond donors (Lipinski definition) is 0. The van der Waals surface area contributed by atoms with Gasteiger partial charge in [0.15, 0.2) is 5.78 Å². The number of carbonyl (C=O) groups is 1. The third kappa shape index (κ3) is 3.29. The van der Waals surface area contributed by atoms with Gasteiger partial charge in [0.05, 0.1) is 12.7 Å². The molecule has 0 radical (unpaired) electrons. The summed E-state index contributed by atoms with van der Waals surface area (Å²) in [6.07, 6.45) is -0.613. The molecule has 0 fully saturated rings. The zero-order valence-electron chi connectivity index (χ0n) is 11.2. The molecule has 3 nitrogen and oxygen atoms in total. The van der Waals surface area contributed by atoms with E-state index < -0.39 is 11.9 Å². The maximum absolute atomic E-state index is 13.8. The van der Waals surface area contributed by atoms with Crippen LogP contribution in [0.2, 0.25) is 0 Å². The largest absolute Gasteiger partial charge is 0.497 e. The predicted octanol–water partition coefficient (Wildman–Crippen LogP) is 3.08. The number of methoxy groups -OCH3 is 1. The van der Waals surface area contributed by atoms with Crippen LogP contribution in [0.1, 0.15) is 31.1 Å². The highest BCUT2D eigenvalue weighted by Gasteiger charge is 2.26. The first-order valence-corrected chi connectivity index (χ1v) is 6.00. The van der Waals surface area contributed by atoms with Crippen LogP contribution in [-0.4, -0.2) is 25.6 Å². The Morgan fingerprint density at radius 1 is 1.39 bits per heavy atom. The number of carbonyl (C=O) groups excluding carboxylic acids is 1. The van der Waals surface area contributed by atoms with Crippen LogP contribution in [-0.2, 0) is 4.74 Å². The Hall–Kier alpha value is -1.42. The predicted molar refractivity (Wildman–Crippen MR) is 67.5 cm³/mol. The first-order valence-electron chi connectivity index (χ1n) is 6.00. The molecule has 0 saturated carbocycles. The molecule has 1 unspecified atom stereocenters. The Kier molecular flexibility index (Phi) is 5.28. The second-order valence-electron chi connectivity index (χ2n) is 4.33. The molecule has 0 heterocycles. The lowest BCUT2D eigenvalue weighted by molar-refractivity contribution is 0.0276. The minimum Gasteiger partial charge on any atom is -0.497 e. The third-order valence-corrected chi connectivity index (χ3v) is 2.65. The summed E-state index contributed by atoms with van der Waals surface area (Å²) in [6.45, 7) is 5.98. The standard InChI is InChI=1S/C14H19FO3/c1-5-18-14(9(2)3)13(16)11-7-6-10(17-4)8-12(11)15/h6-9,14H,5H2,1-4H3. The maximum Gasteiger partial charge on any atom is 0.194 e. The molecule has 4 heteroatoms. The second-order valence-corrected chi connectivity index (χ2v) is 4.33. The number of ketones is 1. The van der Waals surface area contributed by atoms with E-state index in [0.29, 0.717) is 12.4 Å². The molecule has 0 bridgehead atoms. The van der Waals surface area contributed by atoms with E-state index in [9.17, 15) is 9.18 Å². The number of halogens is 1. The minimum absolute atomic E-state index is 0.000971. The zero-order valence-corrected chi connectivity index (χ0v) is 11.2. The summed E-state index contributed by atoms with van der Waals surface area (Å²) in [5, 5.41) is 0. The molecular formula is C14H19FO3. The van der Waals surface area contributed by atoms with Gasteiger partial charge in [-0.25, -0.2) is 4.39 Å². The van der Waals surface area contributed by atoms with Gasteiger partial charge < -0.3 is 9.47 Å². The van der Waals surface area contributed by atoms with Crippen LogP contribution in [0.15, 0.2) is 18.2 Å². The summed E-state index contributed by atoms with van der Waals surface area (Å²) in [6, 6.07) is 4.21. The Labute approximate surface area is 107 Å². The first kappa shape index (κ1) is 14.6. The Morgan fingerprint density at radius 2 is 2.06 bits per heavy atom. The Bertz CT molecular complexity index is 416. The number of benzene rings is 1. The van der Waals surface area contributed by atoms with Crippen molar-refractivity contribution in [3.05, 3.63) is 29.6 Å². The fraction of sp³-hybridized carbons (Fsp3) is 0.500. The molecule has 1 rings (SSSR count). The van der Waals surface area contributed by atoms with Crippen LogP contribution >= 0.6 is 0 Å². The van der Waals surface area contributed by atoms with Crippen molar-refractivity contribution in [1.82, 2.24) is 0 Å². The van der Waals surface area contributed by atoms with E-state index >= 15 is 0 Å². The minimum atomic E-state index is -0.613. The zero-order chi connectivity index (χ0) is 13.7. The number of ether oxygens (including phenoxy) is 2. The van der Waals surface area contributed by atoms with E-state index in [1.807, 2.05) is 20.8 Å². The first-order chi connectivity index (χ1) is 8.51. The van der Waals surface area contributed by atoms with Crippen LogP contribution in [0.4, 0.5) is 4.39 Å². The molecule has 0 aliphatic rings. The molecule has 100 valence electrons.